The summed E-state index contributed by atoms with van der Waals surface area (Å²) in [5.74, 6) is -1.14. The van der Waals surface area contributed by atoms with Gasteiger partial charge in [-0.2, -0.15) is 5.10 Å². The highest BCUT2D eigenvalue weighted by molar-refractivity contribution is 7.90. The summed E-state index contributed by atoms with van der Waals surface area (Å²) in [6, 6.07) is 5.00. The van der Waals surface area contributed by atoms with Gasteiger partial charge in [0.25, 0.3) is 5.91 Å². The predicted octanol–water partition coefficient (Wildman–Crippen LogP) is 1.17. The van der Waals surface area contributed by atoms with Crippen molar-refractivity contribution in [1.82, 2.24) is 15.1 Å². The van der Waals surface area contributed by atoms with Gasteiger partial charge in [0.2, 0.25) is 0 Å². The highest BCUT2D eigenvalue weighted by atomic mass is 32.2. The van der Waals surface area contributed by atoms with Gasteiger partial charge in [0, 0.05) is 12.8 Å². The monoisotopic (exact) mass is 353 g/mol. The van der Waals surface area contributed by atoms with Gasteiger partial charge in [0.1, 0.15) is 10.7 Å². The van der Waals surface area contributed by atoms with Crippen molar-refractivity contribution in [1.29, 1.82) is 0 Å². The zero-order chi connectivity index (χ0) is 17.3. The maximum Gasteiger partial charge on any atom is 0.257 e. The molecule has 1 saturated heterocycles. The van der Waals surface area contributed by atoms with E-state index in [9.17, 15) is 17.6 Å². The van der Waals surface area contributed by atoms with Crippen molar-refractivity contribution in [2.45, 2.75) is 10.9 Å². The minimum Gasteiger partial charge on any atom is -0.377 e. The summed E-state index contributed by atoms with van der Waals surface area (Å²) in [6.07, 6.45) is 2.26. The molecule has 1 amide bonds. The van der Waals surface area contributed by atoms with E-state index in [1.807, 2.05) is 0 Å². The highest BCUT2D eigenvalue weighted by Crippen LogP contribution is 2.29. The Kier molecular flexibility index (Phi) is 4.37. The molecule has 128 valence electrons. The van der Waals surface area contributed by atoms with Crippen LogP contribution in [0.15, 0.2) is 35.4 Å². The van der Waals surface area contributed by atoms with E-state index in [0.717, 1.165) is 6.26 Å². The summed E-state index contributed by atoms with van der Waals surface area (Å²) < 4.78 is 43.1. The lowest BCUT2D eigenvalue weighted by molar-refractivity contribution is -0.00491. The second kappa shape index (κ2) is 6.33. The number of aromatic amines is 1. The standard InChI is InChI=1S/C15H16FN3O4S/c1-24(21,22)13-8-17-18-14(13)12-9-23-7-6-19(12)15(20)10-4-2-3-5-11(10)16/h2-5,8,12H,6-7,9H2,1H3,(H,17,18)/t12-/m1/s1. The number of carbonyl (C=O) groups is 1. The number of halogens is 1. The van der Waals surface area contributed by atoms with Gasteiger partial charge in [0.05, 0.1) is 36.7 Å². The van der Waals surface area contributed by atoms with Crippen LogP contribution in [-0.2, 0) is 14.6 Å². The summed E-state index contributed by atoms with van der Waals surface area (Å²) in [5, 5.41) is 6.41. The molecule has 2 aromatic rings. The van der Waals surface area contributed by atoms with Crippen molar-refractivity contribution in [2.75, 3.05) is 26.0 Å². The quantitative estimate of drug-likeness (QED) is 0.894. The molecule has 1 aliphatic heterocycles. The fourth-order valence-electron chi connectivity index (χ4n) is 2.69. The average molecular weight is 353 g/mol. The van der Waals surface area contributed by atoms with Gasteiger partial charge in [-0.25, -0.2) is 12.8 Å². The molecule has 2 heterocycles. The number of nitrogens with zero attached hydrogens (tertiary/aromatic N) is 2. The molecule has 0 unspecified atom stereocenters. The fraction of sp³-hybridized carbons (Fsp3) is 0.333. The molecule has 3 rings (SSSR count). The number of ether oxygens (including phenoxy) is 1. The number of benzene rings is 1. The molecule has 7 nitrogen and oxygen atoms in total. The van der Waals surface area contributed by atoms with Gasteiger partial charge < -0.3 is 9.64 Å². The molecule has 0 spiro atoms. The van der Waals surface area contributed by atoms with Gasteiger partial charge in [-0.05, 0) is 12.1 Å². The van der Waals surface area contributed by atoms with Crippen molar-refractivity contribution in [3.63, 3.8) is 0 Å². The molecule has 1 aromatic carbocycles. The highest BCUT2D eigenvalue weighted by Gasteiger charge is 2.34. The van der Waals surface area contributed by atoms with E-state index < -0.39 is 27.6 Å². The van der Waals surface area contributed by atoms with E-state index >= 15 is 0 Å². The van der Waals surface area contributed by atoms with E-state index in [2.05, 4.69) is 10.2 Å². The number of hydrogen-bond acceptors (Lipinski definition) is 5. The van der Waals surface area contributed by atoms with Crippen molar-refractivity contribution >= 4 is 15.7 Å². The van der Waals surface area contributed by atoms with Crippen LogP contribution in [0.2, 0.25) is 0 Å². The number of morpholine rings is 1. The number of carbonyl (C=O) groups excluding carboxylic acids is 1. The van der Waals surface area contributed by atoms with Crippen LogP contribution >= 0.6 is 0 Å². The van der Waals surface area contributed by atoms with Crippen LogP contribution in [0.5, 0.6) is 0 Å². The van der Waals surface area contributed by atoms with Gasteiger partial charge >= 0.3 is 0 Å². The van der Waals surface area contributed by atoms with Crippen molar-refractivity contribution in [3.8, 4) is 0 Å². The van der Waals surface area contributed by atoms with Crippen molar-refractivity contribution in [2.24, 2.45) is 0 Å². The number of hydrogen-bond donors (Lipinski definition) is 1. The van der Waals surface area contributed by atoms with Crippen LogP contribution in [-0.4, -0.2) is 55.4 Å². The van der Waals surface area contributed by atoms with Gasteiger partial charge in [-0.1, -0.05) is 12.1 Å². The maximum absolute atomic E-state index is 13.9. The first kappa shape index (κ1) is 16.6. The minimum absolute atomic E-state index is 0.00401. The number of sulfone groups is 1. The topological polar surface area (TPSA) is 92.4 Å². The molecule has 1 atom stereocenters. The average Bonchev–Trinajstić information content (AvgIpc) is 3.04. The lowest BCUT2D eigenvalue weighted by Gasteiger charge is -2.35. The Labute approximate surface area is 138 Å². The van der Waals surface area contributed by atoms with E-state index in [1.54, 1.807) is 6.07 Å². The van der Waals surface area contributed by atoms with Crippen LogP contribution in [0.25, 0.3) is 0 Å². The molecule has 0 radical (unpaired) electrons. The van der Waals surface area contributed by atoms with Gasteiger partial charge in [0.15, 0.2) is 9.84 Å². The second-order valence-electron chi connectivity index (χ2n) is 5.49. The fourth-order valence-corrected chi connectivity index (χ4v) is 3.52. The number of amides is 1. The largest absolute Gasteiger partial charge is 0.377 e. The smallest absolute Gasteiger partial charge is 0.257 e. The summed E-state index contributed by atoms with van der Waals surface area (Å²) in [6.45, 7) is 0.615. The van der Waals surface area contributed by atoms with E-state index in [1.165, 1.54) is 29.3 Å². The zero-order valence-electron chi connectivity index (χ0n) is 12.9. The van der Waals surface area contributed by atoms with Crippen LogP contribution in [0, 0.1) is 5.82 Å². The maximum atomic E-state index is 13.9. The molecule has 0 saturated carbocycles. The normalized spacial score (nSPS) is 18.6. The third kappa shape index (κ3) is 3.04. The van der Waals surface area contributed by atoms with Crippen LogP contribution in [0.1, 0.15) is 22.1 Å². The Balaban J connectivity index is 2.00. The van der Waals surface area contributed by atoms with Crippen LogP contribution in [0.4, 0.5) is 4.39 Å². The van der Waals surface area contributed by atoms with Crippen LogP contribution in [0.3, 0.4) is 0 Å². The molecule has 0 aliphatic carbocycles. The Hall–Kier alpha value is -2.26. The lowest BCUT2D eigenvalue weighted by Crippen LogP contribution is -2.44. The third-order valence-electron chi connectivity index (χ3n) is 3.86. The van der Waals surface area contributed by atoms with Gasteiger partial charge in [-0.3, -0.25) is 9.89 Å². The van der Waals surface area contributed by atoms with Crippen LogP contribution < -0.4 is 0 Å². The number of aromatic nitrogens is 2. The molecular formula is C15H16FN3O4S. The predicted molar refractivity (Wildman–Crippen MR) is 82.7 cm³/mol. The first-order valence-corrected chi connectivity index (χ1v) is 9.15. The molecule has 1 N–H and O–H groups in total. The SMILES string of the molecule is CS(=O)(=O)c1cn[nH]c1[C@H]1COCCN1C(=O)c1ccccc1F. The summed E-state index contributed by atoms with van der Waals surface area (Å²) >= 11 is 0. The van der Waals surface area contributed by atoms with E-state index in [4.69, 9.17) is 4.74 Å². The van der Waals surface area contributed by atoms with Gasteiger partial charge in [-0.15, -0.1) is 0 Å². The Morgan fingerprint density at radius 3 is 2.88 bits per heavy atom. The molecular weight excluding hydrogens is 337 g/mol. The first-order chi connectivity index (χ1) is 11.4. The Morgan fingerprint density at radius 1 is 1.42 bits per heavy atom. The molecule has 24 heavy (non-hydrogen) atoms. The summed E-state index contributed by atoms with van der Waals surface area (Å²) in [5.41, 5.74) is 0.201. The number of rotatable bonds is 3. The first-order valence-electron chi connectivity index (χ1n) is 7.26. The molecule has 1 aliphatic rings. The molecule has 1 aromatic heterocycles. The third-order valence-corrected chi connectivity index (χ3v) is 4.98. The number of nitrogens with one attached hydrogen (secondary N) is 1. The van der Waals surface area contributed by atoms with Crippen molar-refractivity contribution < 1.29 is 22.3 Å². The van der Waals surface area contributed by atoms with E-state index in [0.29, 0.717) is 6.61 Å². The van der Waals surface area contributed by atoms with E-state index in [-0.39, 0.29) is 29.3 Å². The molecule has 0 bridgehead atoms. The Bertz CT molecular complexity index is 865. The summed E-state index contributed by atoms with van der Waals surface area (Å²) in [7, 11) is -3.52. The lowest BCUT2D eigenvalue weighted by atomic mass is 10.1. The Morgan fingerprint density at radius 2 is 2.17 bits per heavy atom. The van der Waals surface area contributed by atoms with Crippen molar-refractivity contribution in [3.05, 3.63) is 47.5 Å². The summed E-state index contributed by atoms with van der Waals surface area (Å²) in [4.78, 5) is 14.1. The minimum atomic E-state index is -3.52. The molecule has 9 heteroatoms. The molecule has 1 fully saturated rings. The second-order valence-corrected chi connectivity index (χ2v) is 7.47. The zero-order valence-corrected chi connectivity index (χ0v) is 13.7. The number of H-pyrrole nitrogens is 1.